The normalized spacial score (nSPS) is 17.6. The molecule has 3 N–H and O–H groups in total. The fourth-order valence-corrected chi connectivity index (χ4v) is 2.71. The van der Waals surface area contributed by atoms with Crippen LogP contribution >= 0.6 is 12.4 Å². The zero-order chi connectivity index (χ0) is 13.5. The molecule has 0 bridgehead atoms. The number of hydrogen-bond acceptors (Lipinski definition) is 2. The lowest BCUT2D eigenvalue weighted by molar-refractivity contribution is -0.125. The van der Waals surface area contributed by atoms with E-state index in [1.54, 1.807) is 0 Å². The van der Waals surface area contributed by atoms with Gasteiger partial charge in [-0.3, -0.25) is 4.79 Å². The molecule has 1 fully saturated rings. The van der Waals surface area contributed by atoms with Crippen LogP contribution in [0.15, 0.2) is 30.3 Å². The summed E-state index contributed by atoms with van der Waals surface area (Å²) in [6.45, 7) is 0.527. The highest BCUT2D eigenvalue weighted by molar-refractivity contribution is 5.85. The van der Waals surface area contributed by atoms with Crippen LogP contribution in [0, 0.1) is 5.92 Å². The van der Waals surface area contributed by atoms with Gasteiger partial charge in [0.2, 0.25) is 5.91 Å². The number of carbonyl (C=O) groups is 1. The maximum absolute atomic E-state index is 12.1. The molecule has 4 heteroatoms. The van der Waals surface area contributed by atoms with Crippen molar-refractivity contribution in [2.24, 2.45) is 11.7 Å². The van der Waals surface area contributed by atoms with E-state index in [0.29, 0.717) is 6.54 Å². The predicted molar refractivity (Wildman–Crippen MR) is 84.8 cm³/mol. The Labute approximate surface area is 127 Å². The lowest BCUT2D eigenvalue weighted by Gasteiger charge is -2.17. The maximum atomic E-state index is 12.1. The number of nitrogens with one attached hydrogen (secondary N) is 1. The Bertz CT molecular complexity index is 389. The molecule has 0 radical (unpaired) electrons. The second kappa shape index (κ2) is 8.98. The first-order valence-electron chi connectivity index (χ1n) is 7.35. The van der Waals surface area contributed by atoms with E-state index in [1.165, 1.54) is 25.7 Å². The van der Waals surface area contributed by atoms with Gasteiger partial charge in [0, 0.05) is 18.5 Å². The summed E-state index contributed by atoms with van der Waals surface area (Å²) in [4.78, 5) is 12.1. The summed E-state index contributed by atoms with van der Waals surface area (Å²) in [6.07, 6.45) is 6.98. The van der Waals surface area contributed by atoms with Crippen LogP contribution in [-0.4, -0.2) is 12.5 Å². The van der Waals surface area contributed by atoms with Crippen LogP contribution in [0.4, 0.5) is 0 Å². The van der Waals surface area contributed by atoms with Crippen LogP contribution in [-0.2, 0) is 4.79 Å². The third-order valence-corrected chi connectivity index (χ3v) is 3.95. The van der Waals surface area contributed by atoms with Crippen molar-refractivity contribution in [2.75, 3.05) is 6.54 Å². The van der Waals surface area contributed by atoms with Crippen LogP contribution in [0.5, 0.6) is 0 Å². The third-order valence-electron chi connectivity index (χ3n) is 3.95. The van der Waals surface area contributed by atoms with Gasteiger partial charge >= 0.3 is 0 Å². The topological polar surface area (TPSA) is 55.1 Å². The Hall–Kier alpha value is -1.06. The highest BCUT2D eigenvalue weighted by Crippen LogP contribution is 2.23. The molecule has 1 aliphatic rings. The molecule has 1 atom stereocenters. The van der Waals surface area contributed by atoms with E-state index >= 15 is 0 Å². The molecule has 0 spiro atoms. The van der Waals surface area contributed by atoms with Crippen molar-refractivity contribution in [3.8, 4) is 0 Å². The minimum absolute atomic E-state index is 0. The molecule has 0 aliphatic heterocycles. The Balaban J connectivity index is 0.00000200. The van der Waals surface area contributed by atoms with Crippen molar-refractivity contribution in [1.82, 2.24) is 5.32 Å². The van der Waals surface area contributed by atoms with Crippen molar-refractivity contribution in [3.05, 3.63) is 35.9 Å². The van der Waals surface area contributed by atoms with Crippen LogP contribution < -0.4 is 11.1 Å². The van der Waals surface area contributed by atoms with Crippen LogP contribution in [0.2, 0.25) is 0 Å². The SMILES string of the molecule is Cl.NC(CNC(=O)C1CCCCCC1)c1ccccc1. The van der Waals surface area contributed by atoms with Crippen molar-refractivity contribution < 1.29 is 4.79 Å². The van der Waals surface area contributed by atoms with Gasteiger partial charge in [-0.2, -0.15) is 0 Å². The van der Waals surface area contributed by atoms with Gasteiger partial charge in [0.05, 0.1) is 0 Å². The van der Waals surface area contributed by atoms with Gasteiger partial charge in [0.25, 0.3) is 0 Å². The van der Waals surface area contributed by atoms with E-state index < -0.39 is 0 Å². The number of benzene rings is 1. The minimum atomic E-state index is -0.115. The summed E-state index contributed by atoms with van der Waals surface area (Å²) < 4.78 is 0. The predicted octanol–water partition coefficient (Wildman–Crippen LogP) is 3.19. The van der Waals surface area contributed by atoms with Gasteiger partial charge < -0.3 is 11.1 Å². The molecule has 112 valence electrons. The Morgan fingerprint density at radius 1 is 1.15 bits per heavy atom. The summed E-state index contributed by atoms with van der Waals surface area (Å²) in [5.41, 5.74) is 7.16. The van der Waals surface area contributed by atoms with E-state index in [9.17, 15) is 4.79 Å². The Kier molecular flexibility index (Phi) is 7.63. The van der Waals surface area contributed by atoms with Gasteiger partial charge in [-0.05, 0) is 18.4 Å². The molecule has 1 aromatic carbocycles. The summed E-state index contributed by atoms with van der Waals surface area (Å²) in [6, 6.07) is 9.81. The number of carbonyl (C=O) groups excluding carboxylic acids is 1. The molecule has 1 amide bonds. The van der Waals surface area contributed by atoms with E-state index in [1.807, 2.05) is 30.3 Å². The van der Waals surface area contributed by atoms with E-state index in [0.717, 1.165) is 18.4 Å². The van der Waals surface area contributed by atoms with Gasteiger partial charge in [0.1, 0.15) is 0 Å². The molecule has 3 nitrogen and oxygen atoms in total. The fraction of sp³-hybridized carbons (Fsp3) is 0.562. The van der Waals surface area contributed by atoms with Gasteiger partial charge in [0.15, 0.2) is 0 Å². The summed E-state index contributed by atoms with van der Waals surface area (Å²) in [5, 5.41) is 3.01. The van der Waals surface area contributed by atoms with E-state index in [4.69, 9.17) is 5.73 Å². The third kappa shape index (κ3) is 5.14. The average molecular weight is 297 g/mol. The molecule has 0 saturated heterocycles. The van der Waals surface area contributed by atoms with E-state index in [2.05, 4.69) is 5.32 Å². The Morgan fingerprint density at radius 3 is 2.35 bits per heavy atom. The Morgan fingerprint density at radius 2 is 1.75 bits per heavy atom. The molecule has 2 rings (SSSR count). The van der Waals surface area contributed by atoms with Crippen molar-refractivity contribution in [3.63, 3.8) is 0 Å². The van der Waals surface area contributed by atoms with Crippen molar-refractivity contribution in [2.45, 2.75) is 44.6 Å². The molecule has 0 heterocycles. The molecule has 1 aliphatic carbocycles. The zero-order valence-corrected chi connectivity index (χ0v) is 12.7. The first-order chi connectivity index (χ1) is 9.27. The number of nitrogens with two attached hydrogens (primary N) is 1. The minimum Gasteiger partial charge on any atom is -0.354 e. The first-order valence-corrected chi connectivity index (χ1v) is 7.35. The van der Waals surface area contributed by atoms with Crippen molar-refractivity contribution in [1.29, 1.82) is 0 Å². The number of rotatable bonds is 4. The van der Waals surface area contributed by atoms with Crippen LogP contribution in [0.25, 0.3) is 0 Å². The zero-order valence-electron chi connectivity index (χ0n) is 11.9. The van der Waals surface area contributed by atoms with E-state index in [-0.39, 0.29) is 30.3 Å². The molecule has 1 unspecified atom stereocenters. The molecule has 1 aromatic rings. The second-order valence-electron chi connectivity index (χ2n) is 5.45. The van der Waals surface area contributed by atoms with Crippen LogP contribution in [0.3, 0.4) is 0 Å². The molecule has 20 heavy (non-hydrogen) atoms. The number of hydrogen-bond donors (Lipinski definition) is 2. The highest BCUT2D eigenvalue weighted by Gasteiger charge is 2.20. The number of halogens is 1. The summed E-state index contributed by atoms with van der Waals surface area (Å²) in [5.74, 6) is 0.388. The smallest absolute Gasteiger partial charge is 0.223 e. The van der Waals surface area contributed by atoms with Gasteiger partial charge in [-0.15, -0.1) is 12.4 Å². The van der Waals surface area contributed by atoms with Crippen molar-refractivity contribution >= 4 is 18.3 Å². The average Bonchev–Trinajstić information content (AvgIpc) is 2.74. The maximum Gasteiger partial charge on any atom is 0.223 e. The molecule has 0 aromatic heterocycles. The number of amides is 1. The lowest BCUT2D eigenvalue weighted by Crippen LogP contribution is -2.36. The standard InChI is InChI=1S/C16H24N2O.ClH/c17-15(13-8-6-3-7-9-13)12-18-16(19)14-10-4-1-2-5-11-14;/h3,6-9,14-15H,1-2,4-5,10-12,17H2,(H,18,19);1H. The summed E-state index contributed by atoms with van der Waals surface area (Å²) >= 11 is 0. The monoisotopic (exact) mass is 296 g/mol. The van der Waals surface area contributed by atoms with Crippen LogP contribution in [0.1, 0.15) is 50.1 Å². The largest absolute Gasteiger partial charge is 0.354 e. The molecule has 1 saturated carbocycles. The molecular weight excluding hydrogens is 272 g/mol. The van der Waals surface area contributed by atoms with Gasteiger partial charge in [-0.25, -0.2) is 0 Å². The van der Waals surface area contributed by atoms with Gasteiger partial charge in [-0.1, -0.05) is 56.0 Å². The first kappa shape index (κ1) is 17.0. The fourth-order valence-electron chi connectivity index (χ4n) is 2.71. The quantitative estimate of drug-likeness (QED) is 0.838. The lowest BCUT2D eigenvalue weighted by atomic mass is 9.99. The molecular formula is C16H25ClN2O. The highest BCUT2D eigenvalue weighted by atomic mass is 35.5. The summed E-state index contributed by atoms with van der Waals surface area (Å²) in [7, 11) is 0. The second-order valence-corrected chi connectivity index (χ2v) is 5.45.